The molecule has 0 aliphatic heterocycles. The van der Waals surface area contributed by atoms with Gasteiger partial charge in [-0.05, 0) is 7.76 Å². The van der Waals surface area contributed by atoms with E-state index in [1.807, 2.05) is 0 Å². The third-order valence-corrected chi connectivity index (χ3v) is 1.80. The molecule has 2 N–H and O–H groups in total. The zero-order valence-corrected chi connectivity index (χ0v) is 5.44. The summed E-state index contributed by atoms with van der Waals surface area (Å²) < 4.78 is 11.2. The van der Waals surface area contributed by atoms with Crippen molar-refractivity contribution in [2.45, 2.75) is 0 Å². The molecular formula is C2H8FNP2. The molecule has 0 rings (SSSR count). The highest BCUT2D eigenvalue weighted by Crippen LogP contribution is 2.33. The van der Waals surface area contributed by atoms with Gasteiger partial charge in [0.1, 0.15) is 0 Å². The largest absolute Gasteiger partial charge is 0.307 e. The number of rotatable bonds is 2. The van der Waals surface area contributed by atoms with Crippen molar-refractivity contribution in [1.82, 2.24) is 0 Å². The first-order valence-corrected chi connectivity index (χ1v) is 4.81. The molecule has 0 saturated heterocycles. The maximum atomic E-state index is 11.2. The number of alkyl halides is 1. The average Bonchev–Trinajstić information content (AvgIpc) is 1.35. The molecule has 6 heavy (non-hydrogen) atoms. The van der Waals surface area contributed by atoms with Crippen molar-refractivity contribution >= 4 is 16.7 Å². The van der Waals surface area contributed by atoms with Gasteiger partial charge in [0, 0.05) is 6.16 Å². The summed E-state index contributed by atoms with van der Waals surface area (Å²) in [5.41, 5.74) is 5.19. The van der Waals surface area contributed by atoms with Gasteiger partial charge in [-0.15, -0.1) is 0 Å². The summed E-state index contributed by atoms with van der Waals surface area (Å²) in [6, 6.07) is 0. The predicted molar refractivity (Wildman–Crippen MR) is 31.7 cm³/mol. The van der Waals surface area contributed by atoms with Crippen LogP contribution < -0.4 is 5.50 Å². The Hall–Kier alpha value is 0.750. The molecule has 0 amide bonds. The fraction of sp³-hybridized carbons (Fsp3) is 1.00. The second kappa shape index (κ2) is 3.92. The lowest BCUT2D eigenvalue weighted by Crippen LogP contribution is -1.87. The van der Waals surface area contributed by atoms with Crippen LogP contribution in [0.5, 0.6) is 0 Å². The third kappa shape index (κ3) is 4.75. The van der Waals surface area contributed by atoms with E-state index in [0.717, 1.165) is 0 Å². The van der Waals surface area contributed by atoms with Gasteiger partial charge in [-0.2, -0.15) is 0 Å². The quantitative estimate of drug-likeness (QED) is 0.552. The van der Waals surface area contributed by atoms with E-state index in [9.17, 15) is 4.39 Å². The van der Waals surface area contributed by atoms with Crippen LogP contribution >= 0.6 is 16.7 Å². The summed E-state index contributed by atoms with van der Waals surface area (Å²) in [4.78, 5) is 0. The number of hydrogen-bond acceptors (Lipinski definition) is 1. The van der Waals surface area contributed by atoms with Gasteiger partial charge in [0.05, 0.1) is 6.67 Å². The van der Waals surface area contributed by atoms with Gasteiger partial charge in [-0.3, -0.25) is 4.39 Å². The van der Waals surface area contributed by atoms with E-state index in [1.54, 1.807) is 0 Å². The first-order valence-electron chi connectivity index (χ1n) is 1.60. The SMILES string of the molecule is NP(P)CCF. The maximum absolute atomic E-state index is 11.2. The second-order valence-electron chi connectivity index (χ2n) is 0.927. The van der Waals surface area contributed by atoms with Gasteiger partial charge in [0.15, 0.2) is 0 Å². The van der Waals surface area contributed by atoms with Crippen LogP contribution in [0.4, 0.5) is 4.39 Å². The molecular weight excluding hydrogens is 119 g/mol. The monoisotopic (exact) mass is 127 g/mol. The maximum Gasteiger partial charge on any atom is 0.0948 e. The van der Waals surface area contributed by atoms with Gasteiger partial charge in [0.2, 0.25) is 0 Å². The molecule has 0 radical (unpaired) electrons. The lowest BCUT2D eigenvalue weighted by atomic mass is 10.9. The van der Waals surface area contributed by atoms with E-state index in [4.69, 9.17) is 5.50 Å². The smallest absolute Gasteiger partial charge is 0.0948 e. The van der Waals surface area contributed by atoms with Crippen LogP contribution in [0.1, 0.15) is 0 Å². The van der Waals surface area contributed by atoms with Crippen molar-refractivity contribution < 1.29 is 4.39 Å². The molecule has 0 aliphatic rings. The summed E-state index contributed by atoms with van der Waals surface area (Å²) >= 11 is 0. The molecule has 0 bridgehead atoms. The normalized spacial score (nSPS) is 14.5. The molecule has 2 unspecified atom stereocenters. The van der Waals surface area contributed by atoms with Crippen molar-refractivity contribution in [3.63, 3.8) is 0 Å². The van der Waals surface area contributed by atoms with Crippen molar-refractivity contribution in [2.24, 2.45) is 5.50 Å². The molecule has 0 heterocycles. The molecule has 0 aromatic carbocycles. The number of nitrogens with two attached hydrogens (primary N) is 1. The Morgan fingerprint density at radius 3 is 2.33 bits per heavy atom. The highest BCUT2D eigenvalue weighted by atomic mass is 32.0. The number of halogens is 1. The highest BCUT2D eigenvalue weighted by molar-refractivity contribution is 8.12. The van der Waals surface area contributed by atoms with Gasteiger partial charge in [-0.1, -0.05) is 8.93 Å². The van der Waals surface area contributed by atoms with Crippen molar-refractivity contribution in [2.75, 3.05) is 12.8 Å². The molecule has 4 heteroatoms. The molecule has 0 saturated carbocycles. The zero-order chi connectivity index (χ0) is 4.99. The average molecular weight is 127 g/mol. The first-order chi connectivity index (χ1) is 2.77. The fourth-order valence-corrected chi connectivity index (χ4v) is 0.586. The van der Waals surface area contributed by atoms with Crippen LogP contribution in [0.15, 0.2) is 0 Å². The van der Waals surface area contributed by atoms with Gasteiger partial charge < -0.3 is 5.50 Å². The van der Waals surface area contributed by atoms with E-state index in [2.05, 4.69) is 8.93 Å². The highest BCUT2D eigenvalue weighted by Gasteiger charge is 1.87. The minimum Gasteiger partial charge on any atom is -0.307 e. The topological polar surface area (TPSA) is 26.0 Å². The molecule has 0 aromatic rings. The molecule has 1 nitrogen and oxygen atoms in total. The third-order valence-electron chi connectivity index (χ3n) is 0.343. The standard InChI is InChI=1S/C2H8FNP2/c3-1-2-6(4)5/h1-2,4-5H2. The van der Waals surface area contributed by atoms with Crippen LogP contribution in [0.2, 0.25) is 0 Å². The molecule has 2 atom stereocenters. The Morgan fingerprint density at radius 1 is 1.83 bits per heavy atom. The van der Waals surface area contributed by atoms with Gasteiger partial charge in [0.25, 0.3) is 0 Å². The van der Waals surface area contributed by atoms with E-state index in [0.29, 0.717) is 6.16 Å². The Balaban J connectivity index is 2.63. The van der Waals surface area contributed by atoms with Crippen molar-refractivity contribution in [1.29, 1.82) is 0 Å². The molecule has 0 aromatic heterocycles. The van der Waals surface area contributed by atoms with E-state index in [-0.39, 0.29) is 6.67 Å². The Bertz CT molecular complexity index is 32.7. The zero-order valence-electron chi connectivity index (χ0n) is 3.39. The minimum atomic E-state index is -0.559. The predicted octanol–water partition coefficient (Wildman–Crippen LogP) is 1.10. The molecule has 0 fully saturated rings. The summed E-state index contributed by atoms with van der Waals surface area (Å²) in [6.45, 7) is -0.286. The Morgan fingerprint density at radius 2 is 2.33 bits per heavy atom. The van der Waals surface area contributed by atoms with E-state index < -0.39 is 7.76 Å². The van der Waals surface area contributed by atoms with Crippen LogP contribution in [-0.2, 0) is 0 Å². The van der Waals surface area contributed by atoms with Crippen molar-refractivity contribution in [3.8, 4) is 0 Å². The summed E-state index contributed by atoms with van der Waals surface area (Å²) in [6.07, 6.45) is 0.514. The molecule has 38 valence electrons. The summed E-state index contributed by atoms with van der Waals surface area (Å²) in [5, 5.41) is 0. The van der Waals surface area contributed by atoms with E-state index in [1.165, 1.54) is 0 Å². The lowest BCUT2D eigenvalue weighted by Gasteiger charge is -1.95. The van der Waals surface area contributed by atoms with Crippen molar-refractivity contribution in [3.05, 3.63) is 0 Å². The summed E-state index contributed by atoms with van der Waals surface area (Å²) in [7, 11) is 1.82. The van der Waals surface area contributed by atoms with E-state index >= 15 is 0 Å². The van der Waals surface area contributed by atoms with Crippen LogP contribution in [0.3, 0.4) is 0 Å². The molecule has 0 spiro atoms. The van der Waals surface area contributed by atoms with Crippen LogP contribution in [0, 0.1) is 0 Å². The summed E-state index contributed by atoms with van der Waals surface area (Å²) in [5.74, 6) is 0. The van der Waals surface area contributed by atoms with Crippen LogP contribution in [0.25, 0.3) is 0 Å². The van der Waals surface area contributed by atoms with Gasteiger partial charge >= 0.3 is 0 Å². The Kier molecular flexibility index (Phi) is 4.41. The fourth-order valence-electron chi connectivity index (χ4n) is 0.0976. The molecule has 0 aliphatic carbocycles. The first kappa shape index (κ1) is 6.75. The number of hydrogen-bond donors (Lipinski definition) is 1. The van der Waals surface area contributed by atoms with Gasteiger partial charge in [-0.25, -0.2) is 0 Å². The minimum absolute atomic E-state index is 0.286. The lowest BCUT2D eigenvalue weighted by molar-refractivity contribution is 0.531. The second-order valence-corrected chi connectivity index (χ2v) is 4.39. The van der Waals surface area contributed by atoms with Crippen LogP contribution in [-0.4, -0.2) is 12.8 Å². The Labute approximate surface area is 40.4 Å².